The molecule has 2 aromatic carbocycles. The van der Waals surface area contributed by atoms with E-state index in [0.29, 0.717) is 35.2 Å². The number of hydrogen-bond donors (Lipinski definition) is 3. The van der Waals surface area contributed by atoms with E-state index in [2.05, 4.69) is 5.32 Å². The van der Waals surface area contributed by atoms with Crippen LogP contribution < -0.4 is 15.8 Å². The number of ketones is 1. The number of benzene rings is 2. The lowest BCUT2D eigenvalue weighted by Gasteiger charge is -2.11. The molecule has 0 spiro atoms. The van der Waals surface area contributed by atoms with Crippen molar-refractivity contribution in [2.45, 2.75) is 33.1 Å². The molecule has 0 radical (unpaired) electrons. The maximum Gasteiger partial charge on any atom is 0.326 e. The average Bonchev–Trinajstić information content (AvgIpc) is 3.05. The molecule has 1 heterocycles. The van der Waals surface area contributed by atoms with Crippen molar-refractivity contribution in [3.8, 4) is 11.6 Å². The normalized spacial score (nSPS) is 10.8. The fraction of sp³-hybridized carbons (Fsp3) is 0.261. The first-order chi connectivity index (χ1) is 14.8. The van der Waals surface area contributed by atoms with Gasteiger partial charge in [-0.1, -0.05) is 32.0 Å². The minimum Gasteiger partial charge on any atom is -0.495 e. The lowest BCUT2D eigenvalue weighted by Crippen LogP contribution is -2.19. The van der Waals surface area contributed by atoms with Gasteiger partial charge in [-0.2, -0.15) is 0 Å². The molecule has 31 heavy (non-hydrogen) atoms. The molecular weight excluding hydrogens is 398 g/mol. The van der Waals surface area contributed by atoms with Gasteiger partial charge in [-0.15, -0.1) is 0 Å². The van der Waals surface area contributed by atoms with Crippen LogP contribution in [-0.4, -0.2) is 34.5 Å². The van der Waals surface area contributed by atoms with Gasteiger partial charge in [0.05, 0.1) is 18.3 Å². The number of primary amides is 1. The first-order valence-electron chi connectivity index (χ1n) is 10.0. The van der Waals surface area contributed by atoms with Gasteiger partial charge >= 0.3 is 6.03 Å². The quantitative estimate of drug-likeness (QED) is 0.494. The lowest BCUT2D eigenvalue weighted by molar-refractivity contribution is 0.0980. The van der Waals surface area contributed by atoms with Crippen molar-refractivity contribution in [3.05, 3.63) is 53.1 Å². The molecule has 8 nitrogen and oxygen atoms in total. The predicted molar refractivity (Wildman–Crippen MR) is 118 cm³/mol. The molecule has 8 heteroatoms. The Morgan fingerprint density at radius 1 is 1.13 bits per heavy atom. The van der Waals surface area contributed by atoms with Crippen molar-refractivity contribution in [2.24, 2.45) is 5.73 Å². The Morgan fingerprint density at radius 3 is 2.48 bits per heavy atom. The smallest absolute Gasteiger partial charge is 0.326 e. The molecule has 4 N–H and O–H groups in total. The highest BCUT2D eigenvalue weighted by molar-refractivity contribution is 6.17. The number of carbonyl (C=O) groups excluding carboxylic acids is 3. The number of hydrogen-bond acceptors (Lipinski definition) is 5. The van der Waals surface area contributed by atoms with Crippen LogP contribution in [-0.2, 0) is 6.42 Å². The number of nitrogens with one attached hydrogen (secondary N) is 1. The molecule has 0 unspecified atom stereocenters. The number of methoxy groups -OCH3 is 1. The second-order valence-corrected chi connectivity index (χ2v) is 7.12. The molecule has 2 amide bonds. The molecule has 162 valence electrons. The summed E-state index contributed by atoms with van der Waals surface area (Å²) in [7, 11) is 1.50. The zero-order valence-corrected chi connectivity index (χ0v) is 17.7. The van der Waals surface area contributed by atoms with Crippen molar-refractivity contribution in [1.29, 1.82) is 0 Å². The number of anilines is 1. The van der Waals surface area contributed by atoms with Gasteiger partial charge in [0.1, 0.15) is 11.3 Å². The largest absolute Gasteiger partial charge is 0.495 e. The summed E-state index contributed by atoms with van der Waals surface area (Å²) in [4.78, 5) is 37.3. The predicted octanol–water partition coefficient (Wildman–Crippen LogP) is 4.08. The maximum atomic E-state index is 13.1. The zero-order valence-electron chi connectivity index (χ0n) is 17.7. The lowest BCUT2D eigenvalue weighted by atomic mass is 10.0. The standard InChI is InChI=1S/C23H25N3O5/c1-4-6-18(27)14-8-9-15-17(12-14)26(23(24)30)22(29)20(15)21(28)25-16-10-7-13(5-2)11-19(16)31-3/h7-12,29H,4-6H2,1-3H3,(H2,24,30)(H,25,28). The van der Waals surface area contributed by atoms with Crippen LogP contribution in [0.4, 0.5) is 10.5 Å². The topological polar surface area (TPSA) is 124 Å². The Balaban J connectivity index is 2.09. The number of carbonyl (C=O) groups is 3. The fourth-order valence-corrected chi connectivity index (χ4v) is 3.51. The molecule has 0 aliphatic heterocycles. The minimum atomic E-state index is -0.966. The number of Topliss-reactive ketones (excluding diaryl/α,β-unsaturated/α-hetero) is 1. The Kier molecular flexibility index (Phi) is 6.29. The van der Waals surface area contributed by atoms with Crippen LogP contribution >= 0.6 is 0 Å². The highest BCUT2D eigenvalue weighted by Crippen LogP contribution is 2.34. The molecule has 3 aromatic rings. The summed E-state index contributed by atoms with van der Waals surface area (Å²) >= 11 is 0. The molecule has 0 saturated carbocycles. The summed E-state index contributed by atoms with van der Waals surface area (Å²) in [6.45, 7) is 3.89. The van der Waals surface area contributed by atoms with E-state index in [1.807, 2.05) is 26.0 Å². The van der Waals surface area contributed by atoms with Crippen LogP contribution in [0.3, 0.4) is 0 Å². The molecule has 0 aliphatic rings. The third kappa shape index (κ3) is 4.09. The molecule has 0 aliphatic carbocycles. The number of rotatable bonds is 7. The van der Waals surface area contributed by atoms with Gasteiger partial charge < -0.3 is 20.9 Å². The van der Waals surface area contributed by atoms with Crippen LogP contribution in [0.5, 0.6) is 11.6 Å². The zero-order chi connectivity index (χ0) is 22.7. The average molecular weight is 423 g/mol. The first kappa shape index (κ1) is 21.9. The highest BCUT2D eigenvalue weighted by Gasteiger charge is 2.26. The van der Waals surface area contributed by atoms with Crippen LogP contribution in [0.25, 0.3) is 10.9 Å². The Labute approximate surface area is 179 Å². The number of amides is 2. The van der Waals surface area contributed by atoms with Crippen LogP contribution in [0.1, 0.15) is 53.0 Å². The van der Waals surface area contributed by atoms with Gasteiger partial charge in [0.2, 0.25) is 5.88 Å². The first-order valence-corrected chi connectivity index (χ1v) is 10.0. The van der Waals surface area contributed by atoms with Gasteiger partial charge in [0.25, 0.3) is 5.91 Å². The molecule has 3 rings (SSSR count). The van der Waals surface area contributed by atoms with Crippen LogP contribution in [0.15, 0.2) is 36.4 Å². The maximum absolute atomic E-state index is 13.1. The van der Waals surface area contributed by atoms with Gasteiger partial charge in [-0.25, -0.2) is 9.36 Å². The summed E-state index contributed by atoms with van der Waals surface area (Å²) in [5.41, 5.74) is 7.33. The number of aryl methyl sites for hydroxylation is 1. The van der Waals surface area contributed by atoms with Gasteiger partial charge in [0, 0.05) is 17.4 Å². The fourth-order valence-electron chi connectivity index (χ4n) is 3.51. The van der Waals surface area contributed by atoms with Crippen molar-refractivity contribution < 1.29 is 24.2 Å². The van der Waals surface area contributed by atoms with Crippen LogP contribution in [0.2, 0.25) is 0 Å². The van der Waals surface area contributed by atoms with E-state index in [1.165, 1.54) is 19.2 Å². The van der Waals surface area contributed by atoms with Crippen molar-refractivity contribution in [2.75, 3.05) is 12.4 Å². The third-order valence-corrected chi connectivity index (χ3v) is 5.11. The number of aromatic nitrogens is 1. The number of aromatic hydroxyl groups is 1. The number of ether oxygens (including phenoxy) is 1. The SMILES string of the molecule is CCCC(=O)c1ccc2c(C(=O)Nc3ccc(CC)cc3OC)c(O)n(C(N)=O)c2c1. The van der Waals surface area contributed by atoms with E-state index >= 15 is 0 Å². The van der Waals surface area contributed by atoms with Gasteiger partial charge in [-0.05, 0) is 36.6 Å². The number of fused-ring (bicyclic) bond motifs is 1. The Hall–Kier alpha value is -3.81. The van der Waals surface area contributed by atoms with Gasteiger partial charge in [0.15, 0.2) is 5.78 Å². The Morgan fingerprint density at radius 2 is 1.87 bits per heavy atom. The molecule has 1 aromatic heterocycles. The van der Waals surface area contributed by atoms with E-state index < -0.39 is 17.8 Å². The summed E-state index contributed by atoms with van der Waals surface area (Å²) < 4.78 is 6.18. The summed E-state index contributed by atoms with van der Waals surface area (Å²) in [6, 6.07) is 8.98. The molecule has 0 atom stereocenters. The van der Waals surface area contributed by atoms with Crippen molar-refractivity contribution in [3.63, 3.8) is 0 Å². The van der Waals surface area contributed by atoms with E-state index in [9.17, 15) is 19.5 Å². The third-order valence-electron chi connectivity index (χ3n) is 5.11. The number of nitrogens with two attached hydrogens (primary N) is 1. The van der Waals surface area contributed by atoms with E-state index in [1.54, 1.807) is 12.1 Å². The summed E-state index contributed by atoms with van der Waals surface area (Å²) in [5, 5.41) is 13.7. The summed E-state index contributed by atoms with van der Waals surface area (Å²) in [5.74, 6) is -0.868. The summed E-state index contributed by atoms with van der Waals surface area (Å²) in [6.07, 6.45) is 1.82. The molecular formula is C23H25N3O5. The minimum absolute atomic E-state index is 0.104. The van der Waals surface area contributed by atoms with Crippen LogP contribution in [0, 0.1) is 0 Å². The second-order valence-electron chi connectivity index (χ2n) is 7.12. The van der Waals surface area contributed by atoms with Crippen molar-refractivity contribution >= 4 is 34.3 Å². The van der Waals surface area contributed by atoms with E-state index in [4.69, 9.17) is 10.5 Å². The molecule has 0 fully saturated rings. The van der Waals surface area contributed by atoms with Crippen molar-refractivity contribution in [1.82, 2.24) is 4.57 Å². The van der Waals surface area contributed by atoms with Gasteiger partial charge in [-0.3, -0.25) is 9.59 Å². The monoisotopic (exact) mass is 423 g/mol. The highest BCUT2D eigenvalue weighted by atomic mass is 16.5. The number of nitrogens with zero attached hydrogens (tertiary/aromatic N) is 1. The van der Waals surface area contributed by atoms with E-state index in [-0.39, 0.29) is 16.9 Å². The molecule has 0 bridgehead atoms. The van der Waals surface area contributed by atoms with E-state index in [0.717, 1.165) is 16.6 Å². The Bertz CT molecular complexity index is 1180. The molecule has 0 saturated heterocycles. The second kappa shape index (κ2) is 8.91.